The van der Waals surface area contributed by atoms with Crippen LogP contribution in [0.5, 0.6) is 0 Å². The Labute approximate surface area is 184 Å². The lowest BCUT2D eigenvalue weighted by Crippen LogP contribution is -2.39. The van der Waals surface area contributed by atoms with Crippen molar-refractivity contribution in [2.45, 2.75) is 43.0 Å². The molecule has 1 aromatic heterocycles. The zero-order valence-corrected chi connectivity index (χ0v) is 18.7. The molecule has 0 radical (unpaired) electrons. The van der Waals surface area contributed by atoms with Crippen LogP contribution < -0.4 is 10.2 Å². The molecule has 1 aliphatic heterocycles. The smallest absolute Gasteiger partial charge is 0.244 e. The summed E-state index contributed by atoms with van der Waals surface area (Å²) in [6, 6.07) is 13.9. The van der Waals surface area contributed by atoms with Crippen molar-refractivity contribution in [3.05, 3.63) is 54.2 Å². The van der Waals surface area contributed by atoms with E-state index in [4.69, 9.17) is 0 Å². The molecule has 4 rings (SSSR count). The molecule has 2 heterocycles. The molecule has 1 amide bonds. The number of amides is 1. The van der Waals surface area contributed by atoms with E-state index < -0.39 is 10.0 Å². The van der Waals surface area contributed by atoms with Gasteiger partial charge in [-0.15, -0.1) is 0 Å². The molecule has 31 heavy (non-hydrogen) atoms. The minimum atomic E-state index is -3.56. The van der Waals surface area contributed by atoms with Crippen LogP contribution in [0.4, 0.5) is 5.82 Å². The van der Waals surface area contributed by atoms with Crippen LogP contribution >= 0.6 is 0 Å². The highest BCUT2D eigenvalue weighted by Crippen LogP contribution is 2.26. The number of pyridine rings is 1. The van der Waals surface area contributed by atoms with Gasteiger partial charge in [0.25, 0.3) is 0 Å². The van der Waals surface area contributed by atoms with Gasteiger partial charge in [0.2, 0.25) is 15.9 Å². The van der Waals surface area contributed by atoms with Crippen LogP contribution in [-0.4, -0.2) is 56.3 Å². The van der Waals surface area contributed by atoms with Crippen molar-refractivity contribution >= 4 is 21.7 Å². The van der Waals surface area contributed by atoms with Crippen molar-refractivity contribution in [2.24, 2.45) is 5.92 Å². The van der Waals surface area contributed by atoms with E-state index in [0.717, 1.165) is 32.1 Å². The fourth-order valence-corrected chi connectivity index (χ4v) is 5.41. The number of benzene rings is 1. The van der Waals surface area contributed by atoms with E-state index in [0.29, 0.717) is 30.9 Å². The average Bonchev–Trinajstić information content (AvgIpc) is 3.59. The highest BCUT2D eigenvalue weighted by atomic mass is 32.2. The van der Waals surface area contributed by atoms with Gasteiger partial charge < -0.3 is 10.2 Å². The maximum Gasteiger partial charge on any atom is 0.244 e. The normalized spacial score (nSPS) is 18.0. The summed E-state index contributed by atoms with van der Waals surface area (Å²) in [6.45, 7) is 1.26. The molecule has 8 heteroatoms. The summed E-state index contributed by atoms with van der Waals surface area (Å²) in [5.74, 6) is 1.04. The van der Waals surface area contributed by atoms with Crippen molar-refractivity contribution in [3.63, 3.8) is 0 Å². The number of carbonyl (C=O) groups excluding carboxylic acids is 1. The number of hydrogen-bond donors (Lipinski definition) is 1. The second-order valence-electron chi connectivity index (χ2n) is 8.59. The van der Waals surface area contributed by atoms with Gasteiger partial charge in [-0.1, -0.05) is 30.3 Å². The quantitative estimate of drug-likeness (QED) is 0.679. The van der Waals surface area contributed by atoms with Crippen molar-refractivity contribution in [2.75, 3.05) is 31.6 Å². The summed E-state index contributed by atoms with van der Waals surface area (Å²) in [4.78, 5) is 18.2. The number of aromatic nitrogens is 1. The summed E-state index contributed by atoms with van der Waals surface area (Å²) >= 11 is 0. The number of sulfonamides is 1. The largest absolute Gasteiger partial charge is 0.352 e. The summed E-state index contributed by atoms with van der Waals surface area (Å²) in [5, 5.41) is 2.94. The van der Waals surface area contributed by atoms with Crippen molar-refractivity contribution < 1.29 is 13.2 Å². The number of carbonyl (C=O) groups is 1. The fraction of sp³-hybridized carbons (Fsp3) is 0.478. The highest BCUT2D eigenvalue weighted by molar-refractivity contribution is 7.89. The topological polar surface area (TPSA) is 82.6 Å². The van der Waals surface area contributed by atoms with Crippen LogP contribution in [0.1, 0.15) is 31.2 Å². The van der Waals surface area contributed by atoms with Gasteiger partial charge in [-0.25, -0.2) is 13.4 Å². The van der Waals surface area contributed by atoms with Gasteiger partial charge in [0.05, 0.1) is 6.54 Å². The summed E-state index contributed by atoms with van der Waals surface area (Å²) in [6.07, 6.45) is 6.20. The molecule has 1 N–H and O–H groups in total. The molecule has 2 fully saturated rings. The molecule has 0 atom stereocenters. The van der Waals surface area contributed by atoms with Crippen LogP contribution in [0, 0.1) is 5.92 Å². The van der Waals surface area contributed by atoms with E-state index in [1.165, 1.54) is 11.8 Å². The SMILES string of the molecule is CN(CC(=O)NC1CC1)c1ccc(S(=O)(=O)N2CCC(Cc3ccccc3)CC2)cn1. The third-order valence-corrected chi connectivity index (χ3v) is 7.90. The summed E-state index contributed by atoms with van der Waals surface area (Å²) in [5.41, 5.74) is 1.30. The lowest BCUT2D eigenvalue weighted by Gasteiger charge is -2.31. The Kier molecular flexibility index (Phi) is 6.57. The molecule has 0 bridgehead atoms. The molecule has 166 valence electrons. The first-order valence-corrected chi connectivity index (χ1v) is 12.4. The maximum absolute atomic E-state index is 13.0. The molecule has 1 aromatic carbocycles. The van der Waals surface area contributed by atoms with Crippen LogP contribution in [0.15, 0.2) is 53.6 Å². The first kappa shape index (κ1) is 21.8. The molecule has 1 aliphatic carbocycles. The van der Waals surface area contributed by atoms with Gasteiger partial charge in [0, 0.05) is 32.4 Å². The van der Waals surface area contributed by atoms with Crippen LogP contribution in [0.25, 0.3) is 0 Å². The van der Waals surface area contributed by atoms with E-state index in [1.807, 2.05) is 18.2 Å². The van der Waals surface area contributed by atoms with Gasteiger partial charge in [0.15, 0.2) is 0 Å². The Morgan fingerprint density at radius 2 is 1.81 bits per heavy atom. The third-order valence-electron chi connectivity index (χ3n) is 6.01. The Balaban J connectivity index is 1.32. The van der Waals surface area contributed by atoms with Gasteiger partial charge in [0.1, 0.15) is 10.7 Å². The van der Waals surface area contributed by atoms with E-state index in [1.54, 1.807) is 28.4 Å². The molecular weight excluding hydrogens is 412 g/mol. The lowest BCUT2D eigenvalue weighted by molar-refractivity contribution is -0.119. The Hall–Kier alpha value is -2.45. The molecule has 0 unspecified atom stereocenters. The van der Waals surface area contributed by atoms with Gasteiger partial charge in [-0.2, -0.15) is 4.31 Å². The van der Waals surface area contributed by atoms with Crippen molar-refractivity contribution in [3.8, 4) is 0 Å². The Bertz CT molecular complexity index is 983. The first-order chi connectivity index (χ1) is 14.9. The predicted molar refractivity (Wildman–Crippen MR) is 120 cm³/mol. The number of likely N-dealkylation sites (N-methyl/N-ethyl adjacent to an activating group) is 1. The molecular formula is C23H30N4O3S. The molecule has 2 aliphatic rings. The highest BCUT2D eigenvalue weighted by Gasteiger charge is 2.30. The standard InChI is InChI=1S/C23H30N4O3S/c1-26(17-23(28)25-20-7-8-20)22-10-9-21(16-24-22)31(29,30)27-13-11-19(12-14-27)15-18-5-3-2-4-6-18/h2-6,9-10,16,19-20H,7-8,11-15,17H2,1H3,(H,25,28). The number of nitrogens with zero attached hydrogens (tertiary/aromatic N) is 3. The Morgan fingerprint density at radius 1 is 1.10 bits per heavy atom. The van der Waals surface area contributed by atoms with Gasteiger partial charge in [-0.05, 0) is 55.7 Å². The maximum atomic E-state index is 13.0. The molecule has 2 aromatic rings. The van der Waals surface area contributed by atoms with Crippen LogP contribution in [0.2, 0.25) is 0 Å². The van der Waals surface area contributed by atoms with Gasteiger partial charge in [-0.3, -0.25) is 4.79 Å². The van der Waals surface area contributed by atoms with E-state index in [-0.39, 0.29) is 17.3 Å². The van der Waals surface area contributed by atoms with Crippen LogP contribution in [0.3, 0.4) is 0 Å². The van der Waals surface area contributed by atoms with Crippen molar-refractivity contribution in [1.29, 1.82) is 0 Å². The predicted octanol–water partition coefficient (Wildman–Crippen LogP) is 2.44. The van der Waals surface area contributed by atoms with E-state index >= 15 is 0 Å². The lowest BCUT2D eigenvalue weighted by atomic mass is 9.91. The molecule has 1 saturated heterocycles. The first-order valence-electron chi connectivity index (χ1n) is 10.9. The number of hydrogen-bond acceptors (Lipinski definition) is 5. The number of rotatable bonds is 8. The zero-order chi connectivity index (χ0) is 21.8. The zero-order valence-electron chi connectivity index (χ0n) is 17.9. The van der Waals surface area contributed by atoms with Gasteiger partial charge >= 0.3 is 0 Å². The van der Waals surface area contributed by atoms with E-state index in [9.17, 15) is 13.2 Å². The molecule has 0 spiro atoms. The monoisotopic (exact) mass is 442 g/mol. The van der Waals surface area contributed by atoms with Crippen LogP contribution in [-0.2, 0) is 21.2 Å². The number of nitrogens with one attached hydrogen (secondary N) is 1. The third kappa shape index (κ3) is 5.62. The summed E-state index contributed by atoms with van der Waals surface area (Å²) in [7, 11) is -1.78. The number of anilines is 1. The molecule has 7 nitrogen and oxygen atoms in total. The average molecular weight is 443 g/mol. The number of piperidine rings is 1. The minimum Gasteiger partial charge on any atom is -0.352 e. The molecule has 1 saturated carbocycles. The second kappa shape index (κ2) is 9.36. The minimum absolute atomic E-state index is 0.0399. The second-order valence-corrected chi connectivity index (χ2v) is 10.5. The van der Waals surface area contributed by atoms with Crippen molar-refractivity contribution in [1.82, 2.24) is 14.6 Å². The summed E-state index contributed by atoms with van der Waals surface area (Å²) < 4.78 is 27.7. The Morgan fingerprint density at radius 3 is 2.42 bits per heavy atom. The van der Waals surface area contributed by atoms with E-state index in [2.05, 4.69) is 22.4 Å². The fourth-order valence-electron chi connectivity index (χ4n) is 4.00.